The van der Waals surface area contributed by atoms with Gasteiger partial charge in [-0.05, 0) is 104 Å². The fraction of sp³-hybridized carbons (Fsp3) is 0.195. The van der Waals surface area contributed by atoms with E-state index in [1.807, 2.05) is 24.3 Å². The zero-order valence-corrected chi connectivity index (χ0v) is 25.4. The minimum Gasteiger partial charge on any atom is -0.436 e. The number of hydrogen-bond acceptors (Lipinski definition) is 2. The second-order valence-corrected chi connectivity index (χ2v) is 11.8. The number of hydrogen-bond donors (Lipinski definition) is 0. The van der Waals surface area contributed by atoms with Gasteiger partial charge in [0, 0.05) is 5.56 Å². The minimum absolute atomic E-state index is 0.343. The summed E-state index contributed by atoms with van der Waals surface area (Å²) in [6.07, 6.45) is 2.07. The zero-order valence-electron chi connectivity index (χ0n) is 25.4. The van der Waals surface area contributed by atoms with Crippen LogP contribution in [0.5, 0.6) is 0 Å². The van der Waals surface area contributed by atoms with Gasteiger partial charge < -0.3 is 4.42 Å². The van der Waals surface area contributed by atoms with E-state index in [-0.39, 0.29) is 0 Å². The van der Waals surface area contributed by atoms with Crippen molar-refractivity contribution < 1.29 is 4.42 Å². The molecule has 1 aromatic heterocycles. The molecule has 0 spiro atoms. The molecule has 0 fully saturated rings. The molecule has 0 bridgehead atoms. The van der Waals surface area contributed by atoms with Gasteiger partial charge in [-0.3, -0.25) is 0 Å². The quantitative estimate of drug-likeness (QED) is 0.182. The molecule has 0 radical (unpaired) electrons. The Balaban J connectivity index is 1.60. The van der Waals surface area contributed by atoms with E-state index < -0.39 is 0 Å². The molecule has 0 aliphatic rings. The first-order chi connectivity index (χ1) is 21.1. The third kappa shape index (κ3) is 4.62. The summed E-state index contributed by atoms with van der Waals surface area (Å²) in [4.78, 5) is 4.97. The first-order valence-corrected chi connectivity index (χ1v) is 15.6. The van der Waals surface area contributed by atoms with E-state index in [9.17, 15) is 0 Å². The average molecular weight is 560 g/mol. The van der Waals surface area contributed by atoms with Crippen molar-refractivity contribution in [3.05, 3.63) is 126 Å². The van der Waals surface area contributed by atoms with Crippen LogP contribution in [0.2, 0.25) is 0 Å². The lowest BCUT2D eigenvalue weighted by atomic mass is 9.79. The molecule has 2 nitrogen and oxygen atoms in total. The normalized spacial score (nSPS) is 13.1. The minimum atomic E-state index is 0.343. The monoisotopic (exact) mass is 559 g/mol. The molecule has 0 amide bonds. The van der Waals surface area contributed by atoms with Crippen LogP contribution >= 0.6 is 0 Å². The maximum absolute atomic E-state index is 6.40. The molecule has 0 aliphatic carbocycles. The Morgan fingerprint density at radius 2 is 1.05 bits per heavy atom. The number of fused-ring (bicyclic) bond motifs is 3. The summed E-state index contributed by atoms with van der Waals surface area (Å²) in [5.74, 6) is 1.41. The second kappa shape index (κ2) is 11.2. The summed E-state index contributed by atoms with van der Waals surface area (Å²) in [7, 11) is 0. The van der Waals surface area contributed by atoms with Crippen molar-refractivity contribution in [1.29, 1.82) is 0 Å². The highest BCUT2D eigenvalue weighted by molar-refractivity contribution is 6.21. The lowest BCUT2D eigenvalue weighted by Crippen LogP contribution is -2.03. The van der Waals surface area contributed by atoms with Gasteiger partial charge >= 0.3 is 0 Å². The molecular weight excluding hydrogens is 522 g/mol. The fourth-order valence-corrected chi connectivity index (χ4v) is 6.61. The maximum Gasteiger partial charge on any atom is 0.227 e. The van der Waals surface area contributed by atoms with Crippen molar-refractivity contribution in [3.63, 3.8) is 0 Å². The molecule has 212 valence electrons. The van der Waals surface area contributed by atoms with Crippen molar-refractivity contribution in [3.8, 4) is 33.7 Å². The van der Waals surface area contributed by atoms with E-state index in [1.165, 1.54) is 54.9 Å². The second-order valence-electron chi connectivity index (χ2n) is 11.8. The van der Waals surface area contributed by atoms with Gasteiger partial charge in [0.15, 0.2) is 5.58 Å². The summed E-state index contributed by atoms with van der Waals surface area (Å²) >= 11 is 0. The van der Waals surface area contributed by atoms with Gasteiger partial charge in [-0.15, -0.1) is 0 Å². The highest BCUT2D eigenvalue weighted by atomic mass is 16.3. The Morgan fingerprint density at radius 1 is 0.558 bits per heavy atom. The number of nitrogens with zero attached hydrogens (tertiary/aromatic N) is 1. The molecule has 2 heteroatoms. The Labute approximate surface area is 254 Å². The van der Waals surface area contributed by atoms with E-state index in [2.05, 4.69) is 119 Å². The van der Waals surface area contributed by atoms with Crippen LogP contribution in [0.4, 0.5) is 0 Å². The molecule has 6 aromatic carbocycles. The molecule has 0 N–H and O–H groups in total. The van der Waals surface area contributed by atoms with Gasteiger partial charge in [-0.25, -0.2) is 4.98 Å². The highest BCUT2D eigenvalue weighted by Gasteiger charge is 2.25. The fourth-order valence-electron chi connectivity index (χ4n) is 6.61. The topological polar surface area (TPSA) is 26.0 Å². The molecule has 0 saturated heterocycles. The average Bonchev–Trinajstić information content (AvgIpc) is 3.50. The lowest BCUT2D eigenvalue weighted by molar-refractivity contribution is 0.615. The van der Waals surface area contributed by atoms with Gasteiger partial charge in [-0.1, -0.05) is 119 Å². The molecule has 0 aliphatic heterocycles. The van der Waals surface area contributed by atoms with Crippen LogP contribution in [-0.4, -0.2) is 4.98 Å². The summed E-state index contributed by atoms with van der Waals surface area (Å²) in [5, 5.41) is 5.14. The predicted octanol–water partition coefficient (Wildman–Crippen LogP) is 12.2. The first-order valence-electron chi connectivity index (χ1n) is 15.6. The van der Waals surface area contributed by atoms with E-state index >= 15 is 0 Å². The molecular formula is C41H37NO. The van der Waals surface area contributed by atoms with E-state index in [0.717, 1.165) is 29.5 Å². The van der Waals surface area contributed by atoms with Crippen molar-refractivity contribution in [1.82, 2.24) is 4.98 Å². The highest BCUT2D eigenvalue weighted by Crippen LogP contribution is 2.48. The van der Waals surface area contributed by atoms with Crippen LogP contribution in [0, 0.1) is 0 Å². The number of aromatic nitrogens is 1. The number of oxazole rings is 1. The van der Waals surface area contributed by atoms with Crippen LogP contribution in [0.15, 0.2) is 120 Å². The molecule has 7 rings (SSSR count). The predicted molar refractivity (Wildman–Crippen MR) is 183 cm³/mol. The van der Waals surface area contributed by atoms with Gasteiger partial charge in [0.2, 0.25) is 5.89 Å². The van der Waals surface area contributed by atoms with Crippen molar-refractivity contribution in [2.24, 2.45) is 0 Å². The van der Waals surface area contributed by atoms with Crippen LogP contribution < -0.4 is 0 Å². The largest absolute Gasteiger partial charge is 0.436 e. The Bertz CT molecular complexity index is 2000. The van der Waals surface area contributed by atoms with Crippen molar-refractivity contribution in [2.75, 3.05) is 0 Å². The van der Waals surface area contributed by atoms with E-state index in [4.69, 9.17) is 9.40 Å². The van der Waals surface area contributed by atoms with E-state index in [0.29, 0.717) is 17.7 Å². The maximum atomic E-state index is 6.40. The molecule has 1 heterocycles. The van der Waals surface area contributed by atoms with Gasteiger partial charge in [0.1, 0.15) is 5.52 Å². The summed E-state index contributed by atoms with van der Waals surface area (Å²) < 4.78 is 6.40. The van der Waals surface area contributed by atoms with Gasteiger partial charge in [0.25, 0.3) is 0 Å². The van der Waals surface area contributed by atoms with Gasteiger partial charge in [-0.2, -0.15) is 0 Å². The number of benzene rings is 6. The van der Waals surface area contributed by atoms with Crippen LogP contribution in [0.25, 0.3) is 66.4 Å². The third-order valence-electron chi connectivity index (χ3n) is 9.30. The van der Waals surface area contributed by atoms with Crippen LogP contribution in [0.3, 0.4) is 0 Å². The molecule has 2 unspecified atom stereocenters. The smallest absolute Gasteiger partial charge is 0.227 e. The molecule has 7 aromatic rings. The van der Waals surface area contributed by atoms with Crippen LogP contribution in [-0.2, 0) is 0 Å². The summed E-state index contributed by atoms with van der Waals surface area (Å²) in [6.45, 7) is 9.22. The third-order valence-corrected chi connectivity index (χ3v) is 9.30. The van der Waals surface area contributed by atoms with Crippen molar-refractivity contribution >= 4 is 32.6 Å². The Morgan fingerprint density at radius 3 is 1.63 bits per heavy atom. The summed E-state index contributed by atoms with van der Waals surface area (Å²) in [6, 6.07) is 41.7. The van der Waals surface area contributed by atoms with Crippen molar-refractivity contribution in [2.45, 2.75) is 52.4 Å². The number of rotatable bonds is 7. The molecule has 2 atom stereocenters. The zero-order chi connectivity index (χ0) is 29.5. The SMILES string of the molecule is CCC(C)c1cc(-c2c3ccccc3c(-c3ccccc3)c3ccccc23)c(C(C)CC)cc1-c1nc2ccccc2o1. The lowest BCUT2D eigenvalue weighted by Gasteiger charge is -2.24. The summed E-state index contributed by atoms with van der Waals surface area (Å²) in [5.41, 5.74) is 10.6. The number of para-hydroxylation sites is 2. The Hall–Kier alpha value is -4.69. The van der Waals surface area contributed by atoms with E-state index in [1.54, 1.807) is 0 Å². The molecule has 43 heavy (non-hydrogen) atoms. The molecule has 0 saturated carbocycles. The van der Waals surface area contributed by atoms with Crippen LogP contribution in [0.1, 0.15) is 63.5 Å². The standard InChI is InChI=1S/C41H37NO/c1-5-26(3)33-25-36(41-42-37-22-14-15-23-38(37)43-41)34(27(4)6-2)24-35(33)40-31-20-12-10-18-29(31)39(28-16-8-7-9-17-28)30-19-11-13-21-32(30)40/h7-27H,5-6H2,1-4H3. The Kier molecular flexibility index (Phi) is 7.07. The van der Waals surface area contributed by atoms with Gasteiger partial charge in [0.05, 0.1) is 0 Å². The first kappa shape index (κ1) is 27.2.